The normalized spacial score (nSPS) is 15.2. The van der Waals surface area contributed by atoms with E-state index in [1.165, 1.54) is 24.1 Å². The fraction of sp³-hybridized carbons (Fsp3) is 0.567. The molecule has 4 aromatic rings. The predicted molar refractivity (Wildman–Crippen MR) is 312 cm³/mol. The molecule has 1 atom stereocenters. The number of carbonyl (C=O) groups is 6. The molecule has 1 aromatic heterocycles. The molecule has 0 bridgehead atoms. The number of hydrogen-bond donors (Lipinski definition) is 4. The number of halogens is 1. The Labute approximate surface area is 473 Å². The fourth-order valence-electron chi connectivity index (χ4n) is 8.62. The van der Waals surface area contributed by atoms with Crippen molar-refractivity contribution in [3.05, 3.63) is 111 Å². The number of carboxylic acids is 1. The summed E-state index contributed by atoms with van der Waals surface area (Å²) in [6.45, 7) is 31.2. The summed E-state index contributed by atoms with van der Waals surface area (Å²) in [6.07, 6.45) is 0.986. The van der Waals surface area contributed by atoms with Gasteiger partial charge >= 0.3 is 18.2 Å². The molecular weight excluding hydrogens is 1030 g/mol. The third-order valence-corrected chi connectivity index (χ3v) is 12.9. The van der Waals surface area contributed by atoms with Crippen LogP contribution in [-0.4, -0.2) is 178 Å². The minimum absolute atomic E-state index is 0. The van der Waals surface area contributed by atoms with Crippen LogP contribution < -0.4 is 16.2 Å². The number of amides is 5. The highest BCUT2D eigenvalue weighted by Crippen LogP contribution is 2.22. The third kappa shape index (κ3) is 23.4. The van der Waals surface area contributed by atoms with E-state index < -0.39 is 47.1 Å². The van der Waals surface area contributed by atoms with Crippen LogP contribution in [0.1, 0.15) is 129 Å². The van der Waals surface area contributed by atoms with Gasteiger partial charge in [-0.15, -0.1) is 0 Å². The number of benzene rings is 3. The zero-order chi connectivity index (χ0) is 59.0. The monoisotopic (exact) mass is 1120 g/mol. The summed E-state index contributed by atoms with van der Waals surface area (Å²) in [5.74, 6) is -1.66. The average Bonchev–Trinajstić information content (AvgIpc) is 3.42. The van der Waals surface area contributed by atoms with Gasteiger partial charge in [0.1, 0.15) is 29.6 Å². The second-order valence-electron chi connectivity index (χ2n) is 21.3. The number of rotatable bonds is 11. The van der Waals surface area contributed by atoms with Gasteiger partial charge in [0, 0.05) is 70.7 Å². The molecule has 80 heavy (non-hydrogen) atoms. The van der Waals surface area contributed by atoms with Crippen molar-refractivity contribution in [2.75, 3.05) is 85.1 Å². The molecular formula is C60H92FN9O10. The maximum absolute atomic E-state index is 15.0. The van der Waals surface area contributed by atoms with Crippen LogP contribution in [0.3, 0.4) is 0 Å². The van der Waals surface area contributed by atoms with Crippen LogP contribution in [-0.2, 0) is 30.3 Å². The summed E-state index contributed by atoms with van der Waals surface area (Å²) in [4.78, 5) is 94.4. The number of nitrogens with one attached hydrogen (secondary N) is 3. The highest BCUT2D eigenvalue weighted by molar-refractivity contribution is 5.95. The second kappa shape index (κ2) is 33.6. The van der Waals surface area contributed by atoms with Gasteiger partial charge in [-0.25, -0.2) is 19.1 Å². The Kier molecular flexibility index (Phi) is 29.1. The topological polar surface area (TPSA) is 227 Å². The SMILES string of the molecule is C.CC.CC.CC(C)(C)OC(=O)NCC(=O)N1CCN(CC2CCN(CC(=O)N3CCN(C(=O)c4cc(Cc5n[nH]c(=O)c6ccccc56)ccc4F)CC3)CC2)CC1.C[C@H](NC(=O)OC(C)(C)C)C(=O)O.Cc1ccccc1C. The van der Waals surface area contributed by atoms with Crippen LogP contribution in [0.15, 0.2) is 71.5 Å². The number of aliphatic carboxylic acids is 1. The van der Waals surface area contributed by atoms with Crippen LogP contribution in [0.5, 0.6) is 0 Å². The summed E-state index contributed by atoms with van der Waals surface area (Å²) in [6, 6.07) is 19.0. The van der Waals surface area contributed by atoms with Crippen molar-refractivity contribution in [1.29, 1.82) is 0 Å². The van der Waals surface area contributed by atoms with Crippen molar-refractivity contribution in [2.24, 2.45) is 5.92 Å². The lowest BCUT2D eigenvalue weighted by Crippen LogP contribution is -2.54. The summed E-state index contributed by atoms with van der Waals surface area (Å²) < 4.78 is 25.0. The summed E-state index contributed by atoms with van der Waals surface area (Å²) in [5, 5.41) is 21.1. The Bertz CT molecular complexity index is 2640. The molecule has 0 radical (unpaired) electrons. The van der Waals surface area contributed by atoms with E-state index in [-0.39, 0.29) is 36.9 Å². The van der Waals surface area contributed by atoms with Crippen molar-refractivity contribution in [3.8, 4) is 0 Å². The molecule has 3 aromatic carbocycles. The molecule has 3 aliphatic rings. The highest BCUT2D eigenvalue weighted by atomic mass is 19.1. The van der Waals surface area contributed by atoms with Crippen LogP contribution in [0.4, 0.5) is 14.0 Å². The molecule has 19 nitrogen and oxygen atoms in total. The van der Waals surface area contributed by atoms with Crippen molar-refractivity contribution in [3.63, 3.8) is 0 Å². The minimum atomic E-state index is -1.09. The van der Waals surface area contributed by atoms with Gasteiger partial charge in [0.05, 0.1) is 23.2 Å². The molecule has 444 valence electrons. The Morgan fingerprint density at radius 3 is 1.74 bits per heavy atom. The molecule has 0 saturated carbocycles. The van der Waals surface area contributed by atoms with Gasteiger partial charge < -0.3 is 39.9 Å². The van der Waals surface area contributed by atoms with Crippen LogP contribution in [0, 0.1) is 25.6 Å². The minimum Gasteiger partial charge on any atom is -0.480 e. The largest absolute Gasteiger partial charge is 0.480 e. The first-order valence-corrected chi connectivity index (χ1v) is 27.6. The molecule has 3 fully saturated rings. The Morgan fingerprint density at radius 1 is 0.700 bits per heavy atom. The number of aromatic amines is 1. The Morgan fingerprint density at radius 2 is 1.20 bits per heavy atom. The number of ether oxygens (including phenoxy) is 2. The van der Waals surface area contributed by atoms with Crippen molar-refractivity contribution >= 4 is 46.6 Å². The van der Waals surface area contributed by atoms with Gasteiger partial charge in [0.15, 0.2) is 0 Å². The Hall–Kier alpha value is -6.93. The molecule has 0 aliphatic carbocycles. The van der Waals surface area contributed by atoms with Gasteiger partial charge in [-0.2, -0.15) is 5.10 Å². The number of H-pyrrole nitrogens is 1. The van der Waals surface area contributed by atoms with Crippen LogP contribution in [0.2, 0.25) is 0 Å². The maximum atomic E-state index is 15.0. The number of likely N-dealkylation sites (tertiary alicyclic amines) is 1. The molecule has 4 heterocycles. The van der Waals surface area contributed by atoms with E-state index in [1.54, 1.807) is 80.5 Å². The zero-order valence-corrected chi connectivity index (χ0v) is 49.0. The number of piperidine rings is 1. The summed E-state index contributed by atoms with van der Waals surface area (Å²) in [5.41, 5.74) is 2.53. The summed E-state index contributed by atoms with van der Waals surface area (Å²) in [7, 11) is 0. The predicted octanol–water partition coefficient (Wildman–Crippen LogP) is 8.29. The van der Waals surface area contributed by atoms with E-state index in [2.05, 4.69) is 68.7 Å². The van der Waals surface area contributed by atoms with Crippen molar-refractivity contribution in [2.45, 2.75) is 134 Å². The maximum Gasteiger partial charge on any atom is 0.408 e. The summed E-state index contributed by atoms with van der Waals surface area (Å²) >= 11 is 0. The third-order valence-electron chi connectivity index (χ3n) is 12.9. The lowest BCUT2D eigenvalue weighted by atomic mass is 9.96. The number of aromatic nitrogens is 2. The number of nitrogens with zero attached hydrogens (tertiary/aromatic N) is 6. The average molecular weight is 1120 g/mol. The zero-order valence-electron chi connectivity index (χ0n) is 49.0. The first-order chi connectivity index (χ1) is 37.3. The number of carbonyl (C=O) groups excluding carboxylic acids is 5. The lowest BCUT2D eigenvalue weighted by Gasteiger charge is -2.39. The molecule has 4 N–H and O–H groups in total. The number of fused-ring (bicyclic) bond motifs is 1. The van der Waals surface area contributed by atoms with Gasteiger partial charge in [-0.3, -0.25) is 33.8 Å². The van der Waals surface area contributed by atoms with Gasteiger partial charge in [0.2, 0.25) is 11.8 Å². The number of piperazine rings is 2. The van der Waals surface area contributed by atoms with Crippen LogP contribution in [0.25, 0.3) is 10.8 Å². The Balaban J connectivity index is 0.000000698. The molecule has 3 aliphatic heterocycles. The van der Waals surface area contributed by atoms with E-state index in [4.69, 9.17) is 14.6 Å². The highest BCUT2D eigenvalue weighted by Gasteiger charge is 2.30. The quantitative estimate of drug-likeness (QED) is 0.111. The lowest BCUT2D eigenvalue weighted by molar-refractivity contribution is -0.139. The molecule has 0 spiro atoms. The van der Waals surface area contributed by atoms with Crippen molar-refractivity contribution in [1.82, 2.24) is 45.3 Å². The number of alkyl carbamates (subject to hydrolysis) is 2. The first kappa shape index (κ1) is 69.2. The molecule has 0 unspecified atom stereocenters. The fourth-order valence-corrected chi connectivity index (χ4v) is 8.62. The molecule has 20 heteroatoms. The molecule has 3 saturated heterocycles. The van der Waals surface area contributed by atoms with Gasteiger partial charge in [0.25, 0.3) is 11.5 Å². The number of carboxylic acid groups (broad SMARTS) is 1. The standard InChI is InChI=1S/C39H51FN8O6.C8H15NO4.C8H10.2C2H6.CH4/c1-39(2,3)54-38(53)41-24-34(49)46-16-14-45(15-17-46)25-27-10-12-44(13-11-27)26-35(50)47-18-20-48(21-19-47)37(52)31-22-28(8-9-32(31)40)23-33-29-6-4-5-7-30(29)36(51)43-42-33;1-5(6(10)11)9-7(12)13-8(2,3)4;1-7-5-3-4-6-8(7)2;2*1-2;/h4-9,22,27H,10-21,23-26H2,1-3H3,(H,41,53)(H,43,51);5H,1-4H3,(H,9,12)(H,10,11);3-6H,1-2H3;2*1-2H3;1H4/t;5-;;;;/m.0..../s1. The van der Waals surface area contributed by atoms with Gasteiger partial charge in [-0.1, -0.05) is 83.7 Å². The molecule has 5 amide bonds. The number of aryl methyl sites for hydroxylation is 2. The van der Waals surface area contributed by atoms with Gasteiger partial charge in [-0.05, 0) is 129 Å². The van der Waals surface area contributed by atoms with Crippen molar-refractivity contribution < 1.29 is 47.7 Å². The first-order valence-electron chi connectivity index (χ1n) is 27.6. The van der Waals surface area contributed by atoms with E-state index >= 15 is 0 Å². The smallest absolute Gasteiger partial charge is 0.408 e. The number of hydrogen-bond acceptors (Lipinski definition) is 12. The van der Waals surface area contributed by atoms with E-state index in [0.29, 0.717) is 80.2 Å². The van der Waals surface area contributed by atoms with E-state index in [9.17, 15) is 38.0 Å². The van der Waals surface area contributed by atoms with E-state index in [0.717, 1.165) is 45.6 Å². The second-order valence-corrected chi connectivity index (χ2v) is 21.3. The van der Waals surface area contributed by atoms with E-state index in [1.807, 2.05) is 39.8 Å². The van der Waals surface area contributed by atoms with Crippen LogP contribution >= 0.6 is 0 Å². The molecule has 7 rings (SSSR count).